The largest absolute Gasteiger partial charge is 0.505 e. The van der Waals surface area contributed by atoms with Crippen molar-refractivity contribution in [2.24, 2.45) is 0 Å². The van der Waals surface area contributed by atoms with E-state index in [2.05, 4.69) is 25.5 Å². The van der Waals surface area contributed by atoms with Gasteiger partial charge >= 0.3 is 5.97 Å². The second-order valence-electron chi connectivity index (χ2n) is 7.23. The number of carbonyl (C=O) groups is 2. The van der Waals surface area contributed by atoms with Crippen LogP contribution in [0.15, 0.2) is 48.5 Å². The predicted octanol–water partition coefficient (Wildman–Crippen LogP) is 3.99. The van der Waals surface area contributed by atoms with Crippen molar-refractivity contribution in [3.63, 3.8) is 0 Å². The number of aliphatic carboxylic acids is 1. The lowest BCUT2D eigenvalue weighted by Crippen LogP contribution is -2.14. The van der Waals surface area contributed by atoms with Crippen molar-refractivity contribution in [1.29, 1.82) is 0 Å². The van der Waals surface area contributed by atoms with E-state index >= 15 is 0 Å². The average molecular weight is 467 g/mol. The number of anilines is 2. The van der Waals surface area contributed by atoms with Gasteiger partial charge in [-0.1, -0.05) is 18.2 Å². The lowest BCUT2D eigenvalue weighted by Gasteiger charge is -2.18. The number of esters is 1. The van der Waals surface area contributed by atoms with Crippen molar-refractivity contribution < 1.29 is 28.9 Å². The predicted molar refractivity (Wildman–Crippen MR) is 121 cm³/mol. The molecule has 0 spiro atoms. The summed E-state index contributed by atoms with van der Waals surface area (Å²) in [5.41, 5.74) is 1.82. The zero-order valence-corrected chi connectivity index (χ0v) is 18.5. The van der Waals surface area contributed by atoms with Gasteiger partial charge in [0.05, 0.1) is 5.52 Å². The van der Waals surface area contributed by atoms with Gasteiger partial charge < -0.3 is 20.3 Å². The van der Waals surface area contributed by atoms with Gasteiger partial charge in [0.25, 0.3) is 5.97 Å². The van der Waals surface area contributed by atoms with Gasteiger partial charge in [-0.3, -0.25) is 14.7 Å². The van der Waals surface area contributed by atoms with E-state index in [1.165, 1.54) is 19.1 Å². The van der Waals surface area contributed by atoms with Crippen molar-refractivity contribution in [3.8, 4) is 5.75 Å². The third kappa shape index (κ3) is 6.03. The average Bonchev–Trinajstić information content (AvgIpc) is 3.18. The van der Waals surface area contributed by atoms with Crippen molar-refractivity contribution >= 4 is 34.5 Å². The number of hydrogen-bond acceptors (Lipinski definition) is 8. The smallest absolute Gasteiger partial charge is 0.303 e. The van der Waals surface area contributed by atoms with Crippen LogP contribution in [0.25, 0.3) is 10.9 Å². The first-order valence-corrected chi connectivity index (χ1v) is 10.0. The van der Waals surface area contributed by atoms with E-state index in [0.29, 0.717) is 22.7 Å². The zero-order chi connectivity index (χ0) is 24.8. The van der Waals surface area contributed by atoms with E-state index in [4.69, 9.17) is 14.6 Å². The Balaban J connectivity index is 0.000000751. The molecule has 11 heteroatoms. The maximum absolute atomic E-state index is 13.5. The number of halogens is 1. The number of phenols is 1. The highest BCUT2D eigenvalue weighted by Gasteiger charge is 2.24. The quantitative estimate of drug-likeness (QED) is 0.319. The topological polar surface area (TPSA) is 150 Å². The number of aryl methyl sites for hydroxylation is 1. The van der Waals surface area contributed by atoms with Crippen LogP contribution in [-0.4, -0.2) is 42.3 Å². The molecule has 4 aromatic rings. The summed E-state index contributed by atoms with van der Waals surface area (Å²) in [7, 11) is 0. The molecule has 1 atom stereocenters. The Morgan fingerprint density at radius 2 is 1.82 bits per heavy atom. The summed E-state index contributed by atoms with van der Waals surface area (Å²) in [5, 5.41) is 28.1. The Bertz CT molecular complexity index is 1340. The number of benzene rings is 2. The lowest BCUT2D eigenvalue weighted by atomic mass is 10.1. The van der Waals surface area contributed by atoms with Gasteiger partial charge in [0.1, 0.15) is 5.82 Å². The fraction of sp³-hybridized carbons (Fsp3) is 0.174. The number of aromatic hydroxyl groups is 1. The van der Waals surface area contributed by atoms with E-state index < -0.39 is 29.6 Å². The number of aromatic amines is 1. The Hall–Kier alpha value is -4.54. The summed E-state index contributed by atoms with van der Waals surface area (Å²) in [5.74, 6) is -1.55. The molecule has 10 nitrogen and oxygen atoms in total. The monoisotopic (exact) mass is 467 g/mol. The van der Waals surface area contributed by atoms with Crippen LogP contribution in [0.3, 0.4) is 0 Å². The standard InChI is InChI=1S/C21H18FN5O3.C2H4O2/c1-11-9-18(27-26-11)24-20-14-5-3-4-6-16(14)23-21(25-20)19(30-12(2)28)13-7-8-15(22)17(29)10-13;1-2(3)4/h3-10,19,29H,1-2H3,(H2,23,24,25,26,27);1H3,(H,3,4). The molecule has 2 aromatic carbocycles. The van der Waals surface area contributed by atoms with E-state index in [-0.39, 0.29) is 5.82 Å². The minimum Gasteiger partial charge on any atom is -0.505 e. The van der Waals surface area contributed by atoms with Crippen LogP contribution in [0.2, 0.25) is 0 Å². The second kappa shape index (κ2) is 10.4. The van der Waals surface area contributed by atoms with Gasteiger partial charge in [-0.25, -0.2) is 14.4 Å². The summed E-state index contributed by atoms with van der Waals surface area (Å²) in [4.78, 5) is 29.8. The first-order valence-electron chi connectivity index (χ1n) is 10.0. The summed E-state index contributed by atoms with van der Waals surface area (Å²) < 4.78 is 19.0. The molecular weight excluding hydrogens is 445 g/mol. The minimum atomic E-state index is -1.04. The molecule has 0 saturated heterocycles. The van der Waals surface area contributed by atoms with Crippen molar-refractivity contribution in [2.45, 2.75) is 26.9 Å². The highest BCUT2D eigenvalue weighted by Crippen LogP contribution is 2.31. The molecule has 1 unspecified atom stereocenters. The lowest BCUT2D eigenvalue weighted by molar-refractivity contribution is -0.145. The van der Waals surface area contributed by atoms with Crippen LogP contribution < -0.4 is 5.32 Å². The number of carbonyl (C=O) groups excluding carboxylic acids is 1. The number of carboxylic acid groups (broad SMARTS) is 1. The van der Waals surface area contributed by atoms with Crippen molar-refractivity contribution in [3.05, 3.63) is 71.4 Å². The van der Waals surface area contributed by atoms with Gasteiger partial charge in [0.15, 0.2) is 29.3 Å². The number of nitrogens with zero attached hydrogens (tertiary/aromatic N) is 3. The summed E-state index contributed by atoms with van der Waals surface area (Å²) in [6.45, 7) is 4.21. The van der Waals surface area contributed by atoms with Gasteiger partial charge in [-0.2, -0.15) is 5.10 Å². The highest BCUT2D eigenvalue weighted by atomic mass is 19.1. The fourth-order valence-electron chi connectivity index (χ4n) is 3.04. The Labute approximate surface area is 193 Å². The maximum atomic E-state index is 13.5. The van der Waals surface area contributed by atoms with E-state index in [1.54, 1.807) is 6.07 Å². The number of para-hydroxylation sites is 1. The number of carboxylic acids is 1. The molecule has 0 bridgehead atoms. The molecule has 0 aliphatic carbocycles. The molecule has 176 valence electrons. The Morgan fingerprint density at radius 1 is 1.12 bits per heavy atom. The number of phenolic OH excluding ortho intramolecular Hbond substituents is 1. The van der Waals surface area contributed by atoms with E-state index in [0.717, 1.165) is 24.1 Å². The third-order valence-corrected chi connectivity index (χ3v) is 4.36. The molecule has 2 aromatic heterocycles. The molecule has 0 aliphatic heterocycles. The molecule has 4 rings (SSSR count). The van der Waals surface area contributed by atoms with Crippen LogP contribution in [-0.2, 0) is 14.3 Å². The van der Waals surface area contributed by atoms with Gasteiger partial charge in [0, 0.05) is 36.6 Å². The third-order valence-electron chi connectivity index (χ3n) is 4.36. The Kier molecular flexibility index (Phi) is 7.36. The molecule has 2 heterocycles. The van der Waals surface area contributed by atoms with Crippen LogP contribution in [0, 0.1) is 12.7 Å². The molecule has 4 N–H and O–H groups in total. The normalized spacial score (nSPS) is 11.3. The molecule has 0 fully saturated rings. The number of H-pyrrole nitrogens is 1. The minimum absolute atomic E-state index is 0.171. The molecule has 0 saturated carbocycles. The number of aromatic nitrogens is 4. The highest BCUT2D eigenvalue weighted by molar-refractivity contribution is 5.90. The number of fused-ring (bicyclic) bond motifs is 1. The van der Waals surface area contributed by atoms with Gasteiger partial charge in [-0.15, -0.1) is 0 Å². The van der Waals surface area contributed by atoms with Crippen LogP contribution in [0.1, 0.15) is 37.0 Å². The van der Waals surface area contributed by atoms with Gasteiger partial charge in [-0.05, 0) is 31.2 Å². The van der Waals surface area contributed by atoms with Crippen LogP contribution >= 0.6 is 0 Å². The maximum Gasteiger partial charge on any atom is 0.303 e. The molecule has 0 amide bonds. The van der Waals surface area contributed by atoms with Crippen molar-refractivity contribution in [2.75, 3.05) is 5.32 Å². The second-order valence-corrected chi connectivity index (χ2v) is 7.23. The van der Waals surface area contributed by atoms with E-state index in [1.807, 2.05) is 31.2 Å². The summed E-state index contributed by atoms with van der Waals surface area (Å²) in [6.07, 6.45) is -1.04. The number of hydrogen-bond donors (Lipinski definition) is 4. The van der Waals surface area contributed by atoms with Gasteiger partial charge in [0.2, 0.25) is 0 Å². The summed E-state index contributed by atoms with van der Waals surface area (Å²) in [6, 6.07) is 12.8. The zero-order valence-electron chi connectivity index (χ0n) is 18.5. The van der Waals surface area contributed by atoms with Crippen LogP contribution in [0.4, 0.5) is 16.0 Å². The molecule has 34 heavy (non-hydrogen) atoms. The summed E-state index contributed by atoms with van der Waals surface area (Å²) >= 11 is 0. The first kappa shape index (κ1) is 24.1. The van der Waals surface area contributed by atoms with Crippen LogP contribution in [0.5, 0.6) is 5.75 Å². The van der Waals surface area contributed by atoms with Crippen molar-refractivity contribution in [1.82, 2.24) is 20.2 Å². The number of rotatable bonds is 5. The molecular formula is C23H22FN5O5. The Morgan fingerprint density at radius 3 is 2.44 bits per heavy atom. The first-order chi connectivity index (χ1) is 16.1. The number of nitrogens with one attached hydrogen (secondary N) is 2. The molecule has 0 aliphatic rings. The number of ether oxygens (including phenoxy) is 1. The van der Waals surface area contributed by atoms with E-state index in [9.17, 15) is 14.3 Å². The fourth-order valence-corrected chi connectivity index (χ4v) is 3.04. The molecule has 0 radical (unpaired) electrons. The SMILES string of the molecule is CC(=O)O.CC(=O)OC(c1ccc(F)c(O)c1)c1nc(Nc2cc(C)[nH]n2)c2ccccc2n1.